The van der Waals surface area contributed by atoms with Crippen molar-refractivity contribution in [3.63, 3.8) is 0 Å². The van der Waals surface area contributed by atoms with E-state index in [9.17, 15) is 17.6 Å². The summed E-state index contributed by atoms with van der Waals surface area (Å²) in [6.07, 6.45) is 1.47. The molecule has 0 aliphatic rings. The molecule has 0 radical (unpaired) electrons. The molecule has 0 unspecified atom stereocenters. The average molecular weight is 363 g/mol. The predicted molar refractivity (Wildman–Crippen MR) is 93.1 cm³/mol. The smallest absolute Gasteiger partial charge is 0.255 e. The number of nitrogens with zero attached hydrogens (tertiary/aromatic N) is 2. The largest absolute Gasteiger partial charge is 0.272 e. The van der Waals surface area contributed by atoms with Crippen molar-refractivity contribution in [2.24, 2.45) is 5.10 Å². The molecule has 8 heteroatoms. The lowest BCUT2D eigenvalue weighted by molar-refractivity contribution is -0.121. The number of likely N-dealkylation sites (N-methyl/N-ethyl adjacent to an activating group) is 1. The van der Waals surface area contributed by atoms with Crippen LogP contribution in [0.25, 0.3) is 0 Å². The minimum Gasteiger partial charge on any atom is -0.272 e. The van der Waals surface area contributed by atoms with Crippen LogP contribution in [0.4, 0.5) is 4.39 Å². The maximum atomic E-state index is 12.9. The number of rotatable bonds is 6. The van der Waals surface area contributed by atoms with Crippen LogP contribution in [-0.2, 0) is 14.8 Å². The molecule has 0 heterocycles. The standard InChI is InChI=1S/C17H18FN3O3S/c1-13-4-3-5-14(10-13)11-19-20-17(22)12-21(2)25(23,24)16-8-6-15(18)7-9-16/h3-11H,12H2,1-2H3,(H,20,22). The zero-order valence-electron chi connectivity index (χ0n) is 13.8. The van der Waals surface area contributed by atoms with Crippen molar-refractivity contribution in [3.05, 3.63) is 65.5 Å². The first-order valence-corrected chi connectivity index (χ1v) is 8.83. The average Bonchev–Trinajstić information content (AvgIpc) is 2.55. The van der Waals surface area contributed by atoms with Crippen LogP contribution in [0, 0.1) is 12.7 Å². The van der Waals surface area contributed by atoms with Gasteiger partial charge in [0.15, 0.2) is 0 Å². The number of amides is 1. The second-order valence-corrected chi connectivity index (χ2v) is 7.47. The number of hydrogen-bond donors (Lipinski definition) is 1. The zero-order valence-corrected chi connectivity index (χ0v) is 14.6. The third-order valence-electron chi connectivity index (χ3n) is 3.33. The van der Waals surface area contributed by atoms with Crippen molar-refractivity contribution in [1.82, 2.24) is 9.73 Å². The highest BCUT2D eigenvalue weighted by Crippen LogP contribution is 2.14. The van der Waals surface area contributed by atoms with E-state index in [2.05, 4.69) is 10.5 Å². The van der Waals surface area contributed by atoms with Crippen LogP contribution >= 0.6 is 0 Å². The molecule has 1 N–H and O–H groups in total. The van der Waals surface area contributed by atoms with Gasteiger partial charge in [0.25, 0.3) is 5.91 Å². The molecule has 0 spiro atoms. The molecule has 0 aliphatic heterocycles. The van der Waals surface area contributed by atoms with Crippen LogP contribution in [0.3, 0.4) is 0 Å². The molecule has 0 aliphatic carbocycles. The topological polar surface area (TPSA) is 78.8 Å². The Morgan fingerprint density at radius 2 is 1.92 bits per heavy atom. The van der Waals surface area contributed by atoms with Gasteiger partial charge in [-0.25, -0.2) is 18.2 Å². The van der Waals surface area contributed by atoms with Crippen LogP contribution in [-0.4, -0.2) is 38.4 Å². The van der Waals surface area contributed by atoms with Gasteiger partial charge in [0, 0.05) is 7.05 Å². The van der Waals surface area contributed by atoms with E-state index in [1.54, 1.807) is 0 Å². The molecule has 2 aromatic rings. The first kappa shape index (κ1) is 18.8. The summed E-state index contributed by atoms with van der Waals surface area (Å²) in [4.78, 5) is 11.8. The molecule has 0 saturated heterocycles. The maximum absolute atomic E-state index is 12.9. The highest BCUT2D eigenvalue weighted by molar-refractivity contribution is 7.89. The quantitative estimate of drug-likeness (QED) is 0.629. The van der Waals surface area contributed by atoms with Gasteiger partial charge in [-0.05, 0) is 36.8 Å². The van der Waals surface area contributed by atoms with E-state index in [1.807, 2.05) is 31.2 Å². The van der Waals surface area contributed by atoms with Crippen molar-refractivity contribution in [1.29, 1.82) is 0 Å². The lowest BCUT2D eigenvalue weighted by Gasteiger charge is -2.16. The van der Waals surface area contributed by atoms with E-state index >= 15 is 0 Å². The van der Waals surface area contributed by atoms with E-state index in [4.69, 9.17) is 0 Å². The summed E-state index contributed by atoms with van der Waals surface area (Å²) in [6.45, 7) is 1.52. The Balaban J connectivity index is 1.96. The molecule has 0 atom stereocenters. The van der Waals surface area contributed by atoms with Crippen LogP contribution in [0.2, 0.25) is 0 Å². The maximum Gasteiger partial charge on any atom is 0.255 e. The summed E-state index contributed by atoms with van der Waals surface area (Å²) in [5, 5.41) is 3.81. The summed E-state index contributed by atoms with van der Waals surface area (Å²) >= 11 is 0. The van der Waals surface area contributed by atoms with E-state index in [1.165, 1.54) is 13.3 Å². The van der Waals surface area contributed by atoms with Crippen molar-refractivity contribution in [2.75, 3.05) is 13.6 Å². The molecule has 0 bridgehead atoms. The van der Waals surface area contributed by atoms with Gasteiger partial charge in [-0.3, -0.25) is 4.79 Å². The fourth-order valence-electron chi connectivity index (χ4n) is 2.04. The second-order valence-electron chi connectivity index (χ2n) is 5.42. The molecule has 0 aromatic heterocycles. The molecular weight excluding hydrogens is 345 g/mol. The molecule has 0 fully saturated rings. The molecule has 1 amide bonds. The number of carbonyl (C=O) groups is 1. The van der Waals surface area contributed by atoms with Crippen molar-refractivity contribution < 1.29 is 17.6 Å². The van der Waals surface area contributed by atoms with Gasteiger partial charge in [0.1, 0.15) is 5.82 Å². The molecular formula is C17H18FN3O3S. The Bertz CT molecular complexity index is 880. The van der Waals surface area contributed by atoms with Crippen molar-refractivity contribution in [3.8, 4) is 0 Å². The predicted octanol–water partition coefficient (Wildman–Crippen LogP) is 1.90. The Morgan fingerprint density at radius 3 is 2.56 bits per heavy atom. The highest BCUT2D eigenvalue weighted by atomic mass is 32.2. The van der Waals surface area contributed by atoms with Crippen LogP contribution < -0.4 is 5.43 Å². The summed E-state index contributed by atoms with van der Waals surface area (Å²) in [7, 11) is -2.61. The first-order chi connectivity index (χ1) is 11.8. The Kier molecular flexibility index (Phi) is 6.00. The van der Waals surface area contributed by atoms with Gasteiger partial charge in [-0.15, -0.1) is 0 Å². The van der Waals surface area contributed by atoms with E-state index in [-0.39, 0.29) is 4.90 Å². The monoisotopic (exact) mass is 363 g/mol. The summed E-state index contributed by atoms with van der Waals surface area (Å²) in [5.74, 6) is -1.12. The SMILES string of the molecule is Cc1cccc(C=NNC(=O)CN(C)S(=O)(=O)c2ccc(F)cc2)c1. The lowest BCUT2D eigenvalue weighted by Crippen LogP contribution is -2.36. The molecule has 132 valence electrons. The van der Waals surface area contributed by atoms with Gasteiger partial charge >= 0.3 is 0 Å². The Hall–Kier alpha value is -2.58. The summed E-state index contributed by atoms with van der Waals surface area (Å²) in [6, 6.07) is 11.9. The first-order valence-electron chi connectivity index (χ1n) is 7.39. The van der Waals surface area contributed by atoms with Crippen LogP contribution in [0.15, 0.2) is 58.5 Å². The molecule has 6 nitrogen and oxygen atoms in total. The molecule has 2 aromatic carbocycles. The second kappa shape index (κ2) is 8.00. The lowest BCUT2D eigenvalue weighted by atomic mass is 10.2. The van der Waals surface area contributed by atoms with Gasteiger partial charge in [-0.1, -0.05) is 29.8 Å². The van der Waals surface area contributed by atoms with E-state index in [0.29, 0.717) is 0 Å². The summed E-state index contributed by atoms with van der Waals surface area (Å²) in [5.41, 5.74) is 4.15. The fraction of sp³-hybridized carbons (Fsp3) is 0.176. The van der Waals surface area contributed by atoms with E-state index in [0.717, 1.165) is 39.7 Å². The number of aryl methyl sites for hydroxylation is 1. The number of benzene rings is 2. The summed E-state index contributed by atoms with van der Waals surface area (Å²) < 4.78 is 38.4. The number of hydrogen-bond acceptors (Lipinski definition) is 4. The van der Waals surface area contributed by atoms with Gasteiger partial charge in [0.2, 0.25) is 10.0 Å². The van der Waals surface area contributed by atoms with Gasteiger partial charge in [0.05, 0.1) is 17.7 Å². The third kappa shape index (κ3) is 5.20. The van der Waals surface area contributed by atoms with E-state index < -0.39 is 28.3 Å². The van der Waals surface area contributed by atoms with Gasteiger partial charge < -0.3 is 0 Å². The number of nitrogens with one attached hydrogen (secondary N) is 1. The minimum absolute atomic E-state index is 0.0903. The number of hydrazone groups is 1. The molecule has 0 saturated carbocycles. The van der Waals surface area contributed by atoms with Crippen LogP contribution in [0.1, 0.15) is 11.1 Å². The zero-order chi connectivity index (χ0) is 18.4. The number of halogens is 1. The van der Waals surface area contributed by atoms with Crippen molar-refractivity contribution in [2.45, 2.75) is 11.8 Å². The van der Waals surface area contributed by atoms with Crippen LogP contribution in [0.5, 0.6) is 0 Å². The van der Waals surface area contributed by atoms with Crippen molar-refractivity contribution >= 4 is 22.1 Å². The fourth-order valence-corrected chi connectivity index (χ4v) is 3.17. The third-order valence-corrected chi connectivity index (χ3v) is 5.15. The minimum atomic E-state index is -3.88. The molecule has 2 rings (SSSR count). The molecule has 25 heavy (non-hydrogen) atoms. The van der Waals surface area contributed by atoms with Gasteiger partial charge in [-0.2, -0.15) is 9.41 Å². The number of carbonyl (C=O) groups excluding carboxylic acids is 1. The highest BCUT2D eigenvalue weighted by Gasteiger charge is 2.22. The number of sulfonamides is 1. The normalized spacial score (nSPS) is 11.8. The Morgan fingerprint density at radius 1 is 1.24 bits per heavy atom. The Labute approximate surface area is 146 Å².